The van der Waals surface area contributed by atoms with E-state index < -0.39 is 0 Å². The molecule has 0 saturated carbocycles. The molecule has 9 heavy (non-hydrogen) atoms. The molecule has 1 rings (SSSR count). The van der Waals surface area contributed by atoms with Crippen LogP contribution in [-0.2, 0) is 4.79 Å². The van der Waals surface area contributed by atoms with Gasteiger partial charge in [-0.05, 0) is 18.4 Å². The molecule has 0 N–H and O–H groups in total. The minimum atomic E-state index is -0.0162. The van der Waals surface area contributed by atoms with Crippen LogP contribution < -0.4 is 0 Å². The lowest BCUT2D eigenvalue weighted by atomic mass is 10.3. The summed E-state index contributed by atoms with van der Waals surface area (Å²) in [6.07, 6.45) is 2.66. The van der Waals surface area contributed by atoms with Crippen LogP contribution in [-0.4, -0.2) is 5.78 Å². The highest BCUT2D eigenvalue weighted by atomic mass is 32.1. The molecule has 1 heterocycles. The van der Waals surface area contributed by atoms with Gasteiger partial charge in [-0.3, -0.25) is 4.79 Å². The van der Waals surface area contributed by atoms with Crippen molar-refractivity contribution in [3.05, 3.63) is 28.8 Å². The second-order valence-electron chi connectivity index (χ2n) is 1.66. The standard InChI is InChI=1S/C7H6OS/c1-6(8)5-7-3-2-4-9-7/h2-4H,1H3. The van der Waals surface area contributed by atoms with Gasteiger partial charge >= 0.3 is 0 Å². The Morgan fingerprint density at radius 3 is 3.00 bits per heavy atom. The molecule has 0 aliphatic rings. The third-order valence-corrected chi connectivity index (χ3v) is 1.61. The lowest BCUT2D eigenvalue weighted by Crippen LogP contribution is -1.88. The summed E-state index contributed by atoms with van der Waals surface area (Å²) in [6, 6.07) is 3.77. The lowest BCUT2D eigenvalue weighted by Gasteiger charge is -1.84. The normalized spacial score (nSPS) is 9.44. The van der Waals surface area contributed by atoms with Crippen LogP contribution in [0.3, 0.4) is 0 Å². The van der Waals surface area contributed by atoms with E-state index in [4.69, 9.17) is 0 Å². The number of carbonyl (C=O) groups excluding carboxylic acids is 1. The summed E-state index contributed by atoms with van der Waals surface area (Å²) < 4.78 is 0. The summed E-state index contributed by atoms with van der Waals surface area (Å²) in [6.45, 7) is 1.50. The number of rotatable bonds is 2. The monoisotopic (exact) mass is 138 g/mol. The van der Waals surface area contributed by atoms with E-state index >= 15 is 0 Å². The van der Waals surface area contributed by atoms with Crippen LogP contribution in [0.4, 0.5) is 0 Å². The molecule has 0 unspecified atom stereocenters. The largest absolute Gasteiger partial charge is 0.299 e. The highest BCUT2D eigenvalue weighted by Crippen LogP contribution is 2.10. The Kier molecular flexibility index (Phi) is 2.01. The fourth-order valence-corrected chi connectivity index (χ4v) is 1.19. The number of Topliss-reactive ketones (excluding diaryl/α,β-unsaturated/α-hetero) is 1. The number of hydrogen-bond donors (Lipinski definition) is 0. The number of thiophene rings is 1. The fourth-order valence-electron chi connectivity index (χ4n) is 0.523. The number of carbonyl (C=O) groups is 1. The molecule has 0 aromatic carbocycles. The lowest BCUT2D eigenvalue weighted by molar-refractivity contribution is -0.113. The van der Waals surface area contributed by atoms with Crippen LogP contribution in [0.15, 0.2) is 17.5 Å². The van der Waals surface area contributed by atoms with Crippen LogP contribution >= 0.6 is 11.3 Å². The Labute approximate surface area is 58.3 Å². The van der Waals surface area contributed by atoms with Crippen molar-refractivity contribution in [3.8, 4) is 0 Å². The van der Waals surface area contributed by atoms with Gasteiger partial charge in [0.1, 0.15) is 12.2 Å². The van der Waals surface area contributed by atoms with E-state index in [0.717, 1.165) is 4.88 Å². The van der Waals surface area contributed by atoms with Gasteiger partial charge in [0.05, 0.1) is 0 Å². The molecule has 0 saturated heterocycles. The second kappa shape index (κ2) is 2.78. The average Bonchev–Trinajstić information content (AvgIpc) is 2.15. The first-order valence-electron chi connectivity index (χ1n) is 2.60. The topological polar surface area (TPSA) is 17.1 Å². The summed E-state index contributed by atoms with van der Waals surface area (Å²) in [5.41, 5.74) is 0. The van der Waals surface area contributed by atoms with Gasteiger partial charge in [-0.1, -0.05) is 6.07 Å². The van der Waals surface area contributed by atoms with Crippen LogP contribution in [0.25, 0.3) is 0 Å². The molecule has 1 aromatic heterocycles. The molecule has 1 nitrogen and oxygen atoms in total. The van der Waals surface area contributed by atoms with E-state index in [2.05, 4.69) is 6.42 Å². The molecule has 0 fully saturated rings. The second-order valence-corrected chi connectivity index (χ2v) is 2.61. The van der Waals surface area contributed by atoms with E-state index in [1.165, 1.54) is 18.3 Å². The Balaban J connectivity index is 2.58. The fraction of sp³-hybridized carbons (Fsp3) is 0.143. The minimum Gasteiger partial charge on any atom is -0.299 e. The van der Waals surface area contributed by atoms with Gasteiger partial charge in [0.15, 0.2) is 0 Å². The molecule has 2 radical (unpaired) electrons. The third kappa shape index (κ3) is 1.98. The molecular formula is C7H6OS. The molecule has 2 heteroatoms. The Hall–Kier alpha value is -0.630. The van der Waals surface area contributed by atoms with Crippen LogP contribution in [0, 0.1) is 6.42 Å². The van der Waals surface area contributed by atoms with Gasteiger partial charge in [-0.25, -0.2) is 0 Å². The molecular weight excluding hydrogens is 132 g/mol. The van der Waals surface area contributed by atoms with E-state index in [9.17, 15) is 4.79 Å². The first-order valence-corrected chi connectivity index (χ1v) is 3.48. The Morgan fingerprint density at radius 1 is 1.78 bits per heavy atom. The zero-order valence-electron chi connectivity index (χ0n) is 5.05. The first-order chi connectivity index (χ1) is 4.29. The summed E-state index contributed by atoms with van der Waals surface area (Å²) in [5.74, 6) is -0.0162. The van der Waals surface area contributed by atoms with Crippen molar-refractivity contribution in [2.75, 3.05) is 0 Å². The van der Waals surface area contributed by atoms with Crippen molar-refractivity contribution in [2.45, 2.75) is 6.92 Å². The van der Waals surface area contributed by atoms with Crippen molar-refractivity contribution >= 4 is 17.1 Å². The summed E-state index contributed by atoms with van der Waals surface area (Å²) in [5, 5.41) is 1.92. The minimum absolute atomic E-state index is 0.0162. The molecule has 0 aliphatic heterocycles. The van der Waals surface area contributed by atoms with Crippen molar-refractivity contribution in [2.24, 2.45) is 0 Å². The number of ketones is 1. The SMILES string of the molecule is CC(=O)[C]c1cccs1. The van der Waals surface area contributed by atoms with E-state index in [0.29, 0.717) is 0 Å². The quantitative estimate of drug-likeness (QED) is 0.608. The van der Waals surface area contributed by atoms with E-state index in [1.807, 2.05) is 17.5 Å². The van der Waals surface area contributed by atoms with Crippen molar-refractivity contribution < 1.29 is 4.79 Å². The Bertz CT molecular complexity index is 189. The average molecular weight is 138 g/mol. The zero-order valence-corrected chi connectivity index (χ0v) is 5.87. The molecule has 0 atom stereocenters. The van der Waals surface area contributed by atoms with Gasteiger partial charge in [0.25, 0.3) is 0 Å². The van der Waals surface area contributed by atoms with Gasteiger partial charge in [0, 0.05) is 4.88 Å². The van der Waals surface area contributed by atoms with Gasteiger partial charge in [-0.15, -0.1) is 11.3 Å². The molecule has 0 aliphatic carbocycles. The van der Waals surface area contributed by atoms with Gasteiger partial charge in [-0.2, -0.15) is 0 Å². The van der Waals surface area contributed by atoms with Crippen LogP contribution in [0.5, 0.6) is 0 Å². The highest BCUT2D eigenvalue weighted by molar-refractivity contribution is 7.10. The van der Waals surface area contributed by atoms with E-state index in [1.54, 1.807) is 0 Å². The van der Waals surface area contributed by atoms with Crippen LogP contribution in [0.2, 0.25) is 0 Å². The number of hydrogen-bond acceptors (Lipinski definition) is 2. The van der Waals surface area contributed by atoms with Gasteiger partial charge in [0.2, 0.25) is 0 Å². The van der Waals surface area contributed by atoms with Crippen molar-refractivity contribution in [1.82, 2.24) is 0 Å². The van der Waals surface area contributed by atoms with E-state index in [-0.39, 0.29) is 5.78 Å². The summed E-state index contributed by atoms with van der Waals surface area (Å²) in [7, 11) is 0. The molecule has 0 spiro atoms. The first kappa shape index (κ1) is 6.49. The Morgan fingerprint density at radius 2 is 2.56 bits per heavy atom. The van der Waals surface area contributed by atoms with Gasteiger partial charge < -0.3 is 0 Å². The predicted octanol–water partition coefficient (Wildman–Crippen LogP) is 1.77. The zero-order chi connectivity index (χ0) is 6.69. The maximum absolute atomic E-state index is 10.4. The summed E-state index contributed by atoms with van der Waals surface area (Å²) >= 11 is 1.52. The maximum Gasteiger partial charge on any atom is 0.144 e. The maximum atomic E-state index is 10.4. The molecule has 0 amide bonds. The van der Waals surface area contributed by atoms with Crippen LogP contribution in [0.1, 0.15) is 11.8 Å². The third-order valence-electron chi connectivity index (χ3n) is 0.820. The molecule has 46 valence electrons. The smallest absolute Gasteiger partial charge is 0.144 e. The predicted molar refractivity (Wildman–Crippen MR) is 37.3 cm³/mol. The molecule has 1 aromatic rings. The highest BCUT2D eigenvalue weighted by Gasteiger charge is 1.97. The molecule has 0 bridgehead atoms. The van der Waals surface area contributed by atoms with Crippen molar-refractivity contribution in [3.63, 3.8) is 0 Å². The summed E-state index contributed by atoms with van der Waals surface area (Å²) in [4.78, 5) is 11.3. The van der Waals surface area contributed by atoms with Crippen molar-refractivity contribution in [1.29, 1.82) is 0 Å².